The molecular formula is C10H18N4O2. The third kappa shape index (κ3) is 4.90. The number of nitrogens with one attached hydrogen (secondary N) is 2. The summed E-state index contributed by atoms with van der Waals surface area (Å²) in [5, 5.41) is 2.91. The van der Waals surface area contributed by atoms with Crippen LogP contribution >= 0.6 is 0 Å². The summed E-state index contributed by atoms with van der Waals surface area (Å²) in [4.78, 5) is 19.7. The number of ether oxygens (including phenoxy) is 1. The summed E-state index contributed by atoms with van der Waals surface area (Å²) in [5.41, 5.74) is -0.212. The third-order valence-electron chi connectivity index (χ3n) is 1.93. The summed E-state index contributed by atoms with van der Waals surface area (Å²) in [7, 11) is 3.99. The topological polar surface area (TPSA) is 70.2 Å². The number of rotatable bonds is 7. The monoisotopic (exact) mass is 226 g/mol. The van der Waals surface area contributed by atoms with E-state index in [0.717, 1.165) is 6.54 Å². The Bertz CT molecular complexity index is 351. The van der Waals surface area contributed by atoms with E-state index < -0.39 is 0 Å². The largest absolute Gasteiger partial charge is 0.378 e. The fourth-order valence-corrected chi connectivity index (χ4v) is 1.07. The molecule has 0 radical (unpaired) electrons. The molecule has 6 nitrogen and oxygen atoms in total. The first kappa shape index (κ1) is 12.7. The first-order chi connectivity index (χ1) is 7.70. The van der Waals surface area contributed by atoms with E-state index in [2.05, 4.69) is 20.2 Å². The number of likely N-dealkylation sites (N-methyl/N-ethyl adjacent to an activating group) is 1. The number of hydrogen-bond acceptors (Lipinski definition) is 5. The van der Waals surface area contributed by atoms with Crippen molar-refractivity contribution < 1.29 is 4.74 Å². The molecule has 1 aromatic rings. The Morgan fingerprint density at radius 1 is 1.50 bits per heavy atom. The highest BCUT2D eigenvalue weighted by molar-refractivity contribution is 5.29. The van der Waals surface area contributed by atoms with E-state index in [1.54, 1.807) is 0 Å². The average Bonchev–Trinajstić information content (AvgIpc) is 2.25. The summed E-state index contributed by atoms with van der Waals surface area (Å²) >= 11 is 0. The van der Waals surface area contributed by atoms with Gasteiger partial charge < -0.3 is 19.9 Å². The number of nitrogens with zero attached hydrogens (tertiary/aromatic N) is 2. The fraction of sp³-hybridized carbons (Fsp3) is 0.600. The molecule has 0 bridgehead atoms. The van der Waals surface area contributed by atoms with Gasteiger partial charge in [-0.1, -0.05) is 0 Å². The van der Waals surface area contributed by atoms with Gasteiger partial charge in [0.15, 0.2) is 5.82 Å². The van der Waals surface area contributed by atoms with Gasteiger partial charge in [0.2, 0.25) is 0 Å². The summed E-state index contributed by atoms with van der Waals surface area (Å²) in [6.45, 7) is 2.72. The molecule has 16 heavy (non-hydrogen) atoms. The minimum Gasteiger partial charge on any atom is -0.378 e. The Kier molecular flexibility index (Phi) is 5.52. The van der Waals surface area contributed by atoms with Crippen LogP contribution in [0.5, 0.6) is 0 Å². The number of anilines is 1. The van der Waals surface area contributed by atoms with Crippen LogP contribution < -0.4 is 10.9 Å². The molecule has 0 aliphatic carbocycles. The zero-order valence-corrected chi connectivity index (χ0v) is 9.69. The maximum Gasteiger partial charge on any atom is 0.290 e. The van der Waals surface area contributed by atoms with E-state index in [9.17, 15) is 4.79 Å². The van der Waals surface area contributed by atoms with Crippen LogP contribution in [0.2, 0.25) is 0 Å². The normalized spacial score (nSPS) is 10.7. The molecule has 1 heterocycles. The molecule has 0 aliphatic heterocycles. The lowest BCUT2D eigenvalue weighted by Crippen LogP contribution is -2.22. The summed E-state index contributed by atoms with van der Waals surface area (Å²) < 4.78 is 5.36. The van der Waals surface area contributed by atoms with E-state index in [4.69, 9.17) is 4.74 Å². The molecule has 0 spiro atoms. The number of H-pyrrole nitrogens is 1. The summed E-state index contributed by atoms with van der Waals surface area (Å²) in [6, 6.07) is 0. The smallest absolute Gasteiger partial charge is 0.290 e. The van der Waals surface area contributed by atoms with Crippen molar-refractivity contribution in [3.63, 3.8) is 0 Å². The molecule has 0 saturated heterocycles. The van der Waals surface area contributed by atoms with E-state index >= 15 is 0 Å². The molecule has 0 saturated carbocycles. The van der Waals surface area contributed by atoms with Gasteiger partial charge in [0.25, 0.3) is 5.56 Å². The standard InChI is InChI=1S/C10H18N4O2/c1-14(2)6-8-16-7-5-12-9-10(15)13-4-3-11-9/h3-4H,5-8H2,1-2H3,(H,11,12)(H,13,15). The molecule has 6 heteroatoms. The molecule has 0 fully saturated rings. The van der Waals surface area contributed by atoms with Gasteiger partial charge in [0.1, 0.15) is 0 Å². The quantitative estimate of drug-likeness (QED) is 0.628. The Labute approximate surface area is 94.6 Å². The summed E-state index contributed by atoms with van der Waals surface area (Å²) in [6.07, 6.45) is 3.04. The Balaban J connectivity index is 2.12. The molecule has 0 atom stereocenters. The second-order valence-electron chi connectivity index (χ2n) is 3.61. The molecule has 0 unspecified atom stereocenters. The van der Waals surface area contributed by atoms with Crippen LogP contribution in [-0.2, 0) is 4.74 Å². The first-order valence-corrected chi connectivity index (χ1v) is 5.20. The molecular weight excluding hydrogens is 208 g/mol. The maximum absolute atomic E-state index is 11.2. The van der Waals surface area contributed by atoms with Crippen molar-refractivity contribution in [2.24, 2.45) is 0 Å². The highest BCUT2D eigenvalue weighted by Crippen LogP contribution is 1.88. The van der Waals surface area contributed by atoms with E-state index in [-0.39, 0.29) is 5.56 Å². The second-order valence-corrected chi connectivity index (χ2v) is 3.61. The first-order valence-electron chi connectivity index (χ1n) is 5.20. The highest BCUT2D eigenvalue weighted by Gasteiger charge is 1.97. The number of hydrogen-bond donors (Lipinski definition) is 2. The molecule has 0 aromatic carbocycles. The second kappa shape index (κ2) is 6.97. The van der Waals surface area contributed by atoms with Gasteiger partial charge in [-0.2, -0.15) is 0 Å². The van der Waals surface area contributed by atoms with Crippen molar-refractivity contribution >= 4 is 5.82 Å². The summed E-state index contributed by atoms with van der Waals surface area (Å²) in [5.74, 6) is 0.332. The predicted molar refractivity (Wildman–Crippen MR) is 62.7 cm³/mol. The lowest BCUT2D eigenvalue weighted by molar-refractivity contribution is 0.126. The minimum absolute atomic E-state index is 0.212. The van der Waals surface area contributed by atoms with Gasteiger partial charge in [-0.05, 0) is 14.1 Å². The van der Waals surface area contributed by atoms with Crippen molar-refractivity contribution in [1.82, 2.24) is 14.9 Å². The van der Waals surface area contributed by atoms with Gasteiger partial charge in [-0.15, -0.1) is 0 Å². The van der Waals surface area contributed by atoms with Crippen LogP contribution in [0.4, 0.5) is 5.82 Å². The highest BCUT2D eigenvalue weighted by atomic mass is 16.5. The average molecular weight is 226 g/mol. The Morgan fingerprint density at radius 3 is 3.00 bits per heavy atom. The number of aromatic amines is 1. The molecule has 0 amide bonds. The van der Waals surface area contributed by atoms with Crippen LogP contribution in [0.15, 0.2) is 17.2 Å². The van der Waals surface area contributed by atoms with E-state index in [1.165, 1.54) is 12.4 Å². The Hall–Kier alpha value is -1.40. The van der Waals surface area contributed by atoms with Gasteiger partial charge in [-0.25, -0.2) is 4.98 Å². The molecule has 2 N–H and O–H groups in total. The fourth-order valence-electron chi connectivity index (χ4n) is 1.07. The van der Waals surface area contributed by atoms with E-state index in [1.807, 2.05) is 14.1 Å². The molecule has 0 aliphatic rings. The van der Waals surface area contributed by atoms with Crippen molar-refractivity contribution in [1.29, 1.82) is 0 Å². The van der Waals surface area contributed by atoms with Gasteiger partial charge in [0.05, 0.1) is 13.2 Å². The zero-order valence-electron chi connectivity index (χ0n) is 9.69. The van der Waals surface area contributed by atoms with Crippen molar-refractivity contribution in [2.45, 2.75) is 0 Å². The minimum atomic E-state index is -0.212. The SMILES string of the molecule is CN(C)CCOCCNc1ncc[nH]c1=O. The van der Waals surface area contributed by atoms with E-state index in [0.29, 0.717) is 25.6 Å². The predicted octanol–water partition coefficient (Wildman–Crippen LogP) is -0.240. The lowest BCUT2D eigenvalue weighted by atomic mass is 10.6. The van der Waals surface area contributed by atoms with Crippen molar-refractivity contribution in [3.05, 3.63) is 22.7 Å². The van der Waals surface area contributed by atoms with Crippen LogP contribution in [0, 0.1) is 0 Å². The Morgan fingerprint density at radius 2 is 2.31 bits per heavy atom. The van der Waals surface area contributed by atoms with Crippen molar-refractivity contribution in [3.8, 4) is 0 Å². The molecule has 90 valence electrons. The van der Waals surface area contributed by atoms with Gasteiger partial charge in [0, 0.05) is 25.5 Å². The number of aromatic nitrogens is 2. The maximum atomic E-state index is 11.2. The van der Waals surface area contributed by atoms with Crippen molar-refractivity contribution in [2.75, 3.05) is 45.7 Å². The molecule has 1 aromatic heterocycles. The van der Waals surface area contributed by atoms with Gasteiger partial charge in [-0.3, -0.25) is 4.79 Å². The molecule has 1 rings (SSSR count). The van der Waals surface area contributed by atoms with Crippen LogP contribution in [-0.4, -0.2) is 55.3 Å². The van der Waals surface area contributed by atoms with Gasteiger partial charge >= 0.3 is 0 Å². The lowest BCUT2D eigenvalue weighted by Gasteiger charge is -2.10. The van der Waals surface area contributed by atoms with Crippen LogP contribution in [0.25, 0.3) is 0 Å². The zero-order chi connectivity index (χ0) is 11.8. The van der Waals surface area contributed by atoms with Crippen LogP contribution in [0.3, 0.4) is 0 Å². The van der Waals surface area contributed by atoms with Crippen LogP contribution in [0.1, 0.15) is 0 Å². The third-order valence-corrected chi connectivity index (χ3v) is 1.93.